The Morgan fingerprint density at radius 3 is 2.37 bits per heavy atom. The van der Waals surface area contributed by atoms with Gasteiger partial charge in [0, 0.05) is 12.0 Å². The molecule has 1 heterocycles. The number of hydrogen-bond donors (Lipinski definition) is 2. The molecule has 0 bridgehead atoms. The average Bonchev–Trinajstić information content (AvgIpc) is 3.30. The van der Waals surface area contributed by atoms with E-state index in [-0.39, 0.29) is 18.4 Å². The number of carbonyl (C=O) groups is 2. The van der Waals surface area contributed by atoms with Crippen LogP contribution in [0.2, 0.25) is 0 Å². The van der Waals surface area contributed by atoms with Gasteiger partial charge < -0.3 is 15.1 Å². The Labute approximate surface area is 177 Å². The quantitative estimate of drug-likeness (QED) is 0.530. The molecule has 2 aromatic carbocycles. The molecule has 1 atom stereocenters. The van der Waals surface area contributed by atoms with Crippen molar-refractivity contribution < 1.29 is 14.0 Å². The normalized spacial score (nSPS) is 11.6. The lowest BCUT2D eigenvalue weighted by Gasteiger charge is -2.18. The first-order chi connectivity index (χ1) is 14.7. The van der Waals surface area contributed by atoms with Gasteiger partial charge in [-0.2, -0.15) is 0 Å². The lowest BCUT2D eigenvalue weighted by molar-refractivity contribution is -0.123. The van der Waals surface area contributed by atoms with E-state index >= 15 is 0 Å². The molecular formula is C25H28N2O3. The molecule has 30 heavy (non-hydrogen) atoms. The van der Waals surface area contributed by atoms with E-state index in [1.165, 1.54) is 5.56 Å². The van der Waals surface area contributed by atoms with Crippen LogP contribution in [0.4, 0.5) is 0 Å². The van der Waals surface area contributed by atoms with Crippen molar-refractivity contribution in [1.82, 2.24) is 10.6 Å². The van der Waals surface area contributed by atoms with E-state index in [9.17, 15) is 9.59 Å². The third-order valence-electron chi connectivity index (χ3n) is 4.96. The number of furan rings is 1. The fraction of sp³-hybridized carbons (Fsp3) is 0.280. The first kappa shape index (κ1) is 21.4. The summed E-state index contributed by atoms with van der Waals surface area (Å²) < 4.78 is 5.27. The van der Waals surface area contributed by atoms with E-state index in [0.29, 0.717) is 17.7 Å². The van der Waals surface area contributed by atoms with Gasteiger partial charge in [0.1, 0.15) is 11.8 Å². The summed E-state index contributed by atoms with van der Waals surface area (Å²) in [5.41, 5.74) is 2.74. The van der Waals surface area contributed by atoms with Gasteiger partial charge in [-0.15, -0.1) is 0 Å². The van der Waals surface area contributed by atoms with Crippen LogP contribution >= 0.6 is 0 Å². The molecule has 3 rings (SSSR count). The van der Waals surface area contributed by atoms with Crippen LogP contribution in [-0.2, 0) is 24.2 Å². The molecule has 5 heteroatoms. The zero-order valence-electron chi connectivity index (χ0n) is 17.3. The van der Waals surface area contributed by atoms with Crippen LogP contribution in [0, 0.1) is 0 Å². The second-order valence-corrected chi connectivity index (χ2v) is 7.31. The van der Waals surface area contributed by atoms with Crippen molar-refractivity contribution in [2.24, 2.45) is 0 Å². The van der Waals surface area contributed by atoms with Gasteiger partial charge in [-0.25, -0.2) is 0 Å². The fourth-order valence-electron chi connectivity index (χ4n) is 3.21. The number of carbonyl (C=O) groups excluding carboxylic acids is 2. The summed E-state index contributed by atoms with van der Waals surface area (Å²) in [5.74, 6) is 0.157. The Hall–Kier alpha value is -3.34. The Morgan fingerprint density at radius 1 is 0.933 bits per heavy atom. The van der Waals surface area contributed by atoms with Crippen molar-refractivity contribution in [2.45, 2.75) is 45.2 Å². The summed E-state index contributed by atoms with van der Waals surface area (Å²) in [6.45, 7) is 2.44. The molecular weight excluding hydrogens is 376 g/mol. The van der Waals surface area contributed by atoms with E-state index in [2.05, 4.69) is 17.6 Å². The maximum atomic E-state index is 12.8. The van der Waals surface area contributed by atoms with Crippen LogP contribution in [0.5, 0.6) is 0 Å². The van der Waals surface area contributed by atoms with Crippen molar-refractivity contribution in [3.05, 3.63) is 95.4 Å². The highest BCUT2D eigenvalue weighted by molar-refractivity contribution is 5.97. The minimum Gasteiger partial charge on any atom is -0.467 e. The SMILES string of the molecule is CCCCc1ccc(C(=O)NC(Cc2ccccc2)C(=O)NCc2ccco2)cc1. The highest BCUT2D eigenvalue weighted by Crippen LogP contribution is 2.10. The Morgan fingerprint density at radius 2 is 1.70 bits per heavy atom. The molecule has 0 saturated carbocycles. The first-order valence-electron chi connectivity index (χ1n) is 10.4. The van der Waals surface area contributed by atoms with E-state index in [1.54, 1.807) is 18.4 Å². The van der Waals surface area contributed by atoms with Crippen molar-refractivity contribution in [2.75, 3.05) is 0 Å². The highest BCUT2D eigenvalue weighted by Gasteiger charge is 2.22. The summed E-state index contributed by atoms with van der Waals surface area (Å²) >= 11 is 0. The van der Waals surface area contributed by atoms with Gasteiger partial charge in [-0.3, -0.25) is 9.59 Å². The van der Waals surface area contributed by atoms with Crippen LogP contribution in [0.15, 0.2) is 77.4 Å². The molecule has 2 N–H and O–H groups in total. The van der Waals surface area contributed by atoms with Gasteiger partial charge in [0.15, 0.2) is 0 Å². The van der Waals surface area contributed by atoms with Crippen LogP contribution in [-0.4, -0.2) is 17.9 Å². The van der Waals surface area contributed by atoms with E-state index in [4.69, 9.17) is 4.42 Å². The number of rotatable bonds is 10. The third-order valence-corrected chi connectivity index (χ3v) is 4.96. The smallest absolute Gasteiger partial charge is 0.251 e. The lowest BCUT2D eigenvalue weighted by atomic mass is 10.0. The van der Waals surface area contributed by atoms with E-state index in [0.717, 1.165) is 24.8 Å². The van der Waals surface area contributed by atoms with Gasteiger partial charge in [0.05, 0.1) is 12.8 Å². The fourth-order valence-corrected chi connectivity index (χ4v) is 3.21. The Balaban J connectivity index is 1.67. The molecule has 5 nitrogen and oxygen atoms in total. The van der Waals surface area contributed by atoms with E-state index < -0.39 is 6.04 Å². The molecule has 0 radical (unpaired) electrons. The summed E-state index contributed by atoms with van der Waals surface area (Å²) in [7, 11) is 0. The van der Waals surface area contributed by atoms with Crippen LogP contribution in [0.1, 0.15) is 47.0 Å². The second-order valence-electron chi connectivity index (χ2n) is 7.31. The predicted octanol–water partition coefficient (Wildman–Crippen LogP) is 4.28. The lowest BCUT2D eigenvalue weighted by Crippen LogP contribution is -2.47. The Kier molecular flexibility index (Phi) is 7.84. The summed E-state index contributed by atoms with van der Waals surface area (Å²) in [6.07, 6.45) is 5.24. The number of aryl methyl sites for hydroxylation is 1. The first-order valence-corrected chi connectivity index (χ1v) is 10.4. The van der Waals surface area contributed by atoms with Crippen LogP contribution in [0.25, 0.3) is 0 Å². The number of unbranched alkanes of at least 4 members (excludes halogenated alkanes) is 1. The molecule has 0 fully saturated rings. The van der Waals surface area contributed by atoms with Gasteiger partial charge in [-0.1, -0.05) is 55.8 Å². The molecule has 1 aromatic heterocycles. The minimum absolute atomic E-state index is 0.247. The molecule has 156 valence electrons. The maximum absolute atomic E-state index is 12.8. The summed E-state index contributed by atoms with van der Waals surface area (Å²) in [4.78, 5) is 25.6. The van der Waals surface area contributed by atoms with Crippen molar-refractivity contribution in [1.29, 1.82) is 0 Å². The standard InChI is InChI=1S/C25H28N2O3/c1-2-3-8-19-12-14-21(15-13-19)24(28)27-23(17-20-9-5-4-6-10-20)25(29)26-18-22-11-7-16-30-22/h4-7,9-16,23H,2-3,8,17-18H2,1H3,(H,26,29)(H,27,28). The maximum Gasteiger partial charge on any atom is 0.251 e. The predicted molar refractivity (Wildman–Crippen MR) is 117 cm³/mol. The molecule has 3 aromatic rings. The Bertz CT molecular complexity index is 919. The molecule has 0 aliphatic heterocycles. The molecule has 2 amide bonds. The van der Waals surface area contributed by atoms with Gasteiger partial charge in [-0.05, 0) is 48.2 Å². The van der Waals surface area contributed by atoms with Crippen molar-refractivity contribution in [3.63, 3.8) is 0 Å². The number of nitrogens with one attached hydrogen (secondary N) is 2. The van der Waals surface area contributed by atoms with Crippen LogP contribution < -0.4 is 10.6 Å². The summed E-state index contributed by atoms with van der Waals surface area (Å²) in [6, 6.07) is 20.1. The average molecular weight is 405 g/mol. The summed E-state index contributed by atoms with van der Waals surface area (Å²) in [5, 5.41) is 5.74. The molecule has 0 aliphatic carbocycles. The van der Waals surface area contributed by atoms with E-state index in [1.807, 2.05) is 54.6 Å². The minimum atomic E-state index is -0.686. The van der Waals surface area contributed by atoms with Gasteiger partial charge in [0.2, 0.25) is 5.91 Å². The van der Waals surface area contributed by atoms with Crippen molar-refractivity contribution in [3.8, 4) is 0 Å². The van der Waals surface area contributed by atoms with Crippen LogP contribution in [0.3, 0.4) is 0 Å². The number of hydrogen-bond acceptors (Lipinski definition) is 3. The monoisotopic (exact) mass is 404 g/mol. The number of amides is 2. The largest absolute Gasteiger partial charge is 0.467 e. The molecule has 0 saturated heterocycles. The zero-order valence-corrected chi connectivity index (χ0v) is 17.3. The third kappa shape index (κ3) is 6.34. The van der Waals surface area contributed by atoms with Gasteiger partial charge >= 0.3 is 0 Å². The number of benzene rings is 2. The molecule has 0 spiro atoms. The van der Waals surface area contributed by atoms with Gasteiger partial charge in [0.25, 0.3) is 5.91 Å². The topological polar surface area (TPSA) is 71.3 Å². The van der Waals surface area contributed by atoms with Crippen molar-refractivity contribution >= 4 is 11.8 Å². The zero-order chi connectivity index (χ0) is 21.2. The molecule has 1 unspecified atom stereocenters. The highest BCUT2D eigenvalue weighted by atomic mass is 16.3. The molecule has 0 aliphatic rings. The second kappa shape index (κ2) is 11.0.